The first kappa shape index (κ1) is 29.3. The maximum atomic E-state index is 2.46. The van der Waals surface area contributed by atoms with Gasteiger partial charge in [-0.25, -0.2) is 0 Å². The molecule has 0 radical (unpaired) electrons. The summed E-state index contributed by atoms with van der Waals surface area (Å²) in [6.45, 7) is 0. The molecule has 0 amide bonds. The Morgan fingerprint density at radius 3 is 1.55 bits per heavy atom. The third-order valence-electron chi connectivity index (χ3n) is 10.6. The van der Waals surface area contributed by atoms with Gasteiger partial charge in [-0.05, 0) is 105 Å². The Kier molecular flexibility index (Phi) is 6.75. The number of hydrogen-bond donors (Lipinski definition) is 0. The Hall–Kier alpha value is -6.64. The first-order valence-corrected chi connectivity index (χ1v) is 17.6. The summed E-state index contributed by atoms with van der Waals surface area (Å²) < 4.78 is 0. The summed E-state index contributed by atoms with van der Waals surface area (Å²) in [5.41, 5.74) is 16.5. The number of nitrogens with zero attached hydrogens (tertiary/aromatic N) is 2. The summed E-state index contributed by atoms with van der Waals surface area (Å²) in [7, 11) is 0. The molecule has 0 bridgehead atoms. The molecule has 0 saturated carbocycles. The van der Waals surface area contributed by atoms with E-state index in [0.717, 1.165) is 22.7 Å². The molecular formula is C49H34N2. The maximum absolute atomic E-state index is 2.46. The predicted octanol–water partition coefficient (Wildman–Crippen LogP) is 13.0. The number of hydrogen-bond acceptors (Lipinski definition) is 2. The lowest BCUT2D eigenvalue weighted by Crippen LogP contribution is -2.36. The number of anilines is 6. The summed E-state index contributed by atoms with van der Waals surface area (Å²) in [5, 5.41) is 0. The van der Waals surface area contributed by atoms with Crippen LogP contribution in [0.25, 0.3) is 22.3 Å². The number of fused-ring (bicyclic) bond motifs is 9. The average molecular weight is 651 g/mol. The van der Waals surface area contributed by atoms with E-state index in [1.807, 2.05) is 0 Å². The van der Waals surface area contributed by atoms with Gasteiger partial charge in [0.25, 0.3) is 0 Å². The Labute approximate surface area is 299 Å². The summed E-state index contributed by atoms with van der Waals surface area (Å²) in [6, 6.07) is 75.2. The Balaban J connectivity index is 1.25. The minimum absolute atomic E-state index is 0.519. The minimum atomic E-state index is -0.519. The normalized spacial score (nSPS) is 13.2. The van der Waals surface area contributed by atoms with Gasteiger partial charge in [0.1, 0.15) is 0 Å². The van der Waals surface area contributed by atoms with Crippen molar-refractivity contribution in [1.29, 1.82) is 0 Å². The van der Waals surface area contributed by atoms with Gasteiger partial charge in [0, 0.05) is 22.7 Å². The first-order valence-electron chi connectivity index (χ1n) is 17.6. The van der Waals surface area contributed by atoms with Crippen molar-refractivity contribution in [2.45, 2.75) is 5.41 Å². The van der Waals surface area contributed by atoms with Crippen LogP contribution < -0.4 is 9.80 Å². The smallest absolute Gasteiger partial charge is 0.0755 e. The van der Waals surface area contributed by atoms with Crippen LogP contribution in [0.15, 0.2) is 206 Å². The van der Waals surface area contributed by atoms with Crippen LogP contribution in [-0.4, -0.2) is 0 Å². The molecule has 240 valence electrons. The number of benzene rings is 8. The van der Waals surface area contributed by atoms with Crippen molar-refractivity contribution < 1.29 is 0 Å². The zero-order valence-corrected chi connectivity index (χ0v) is 28.0. The van der Waals surface area contributed by atoms with E-state index in [-0.39, 0.29) is 0 Å². The molecular weight excluding hydrogens is 617 g/mol. The lowest BCUT2D eigenvalue weighted by atomic mass is 9.64. The van der Waals surface area contributed by atoms with Crippen molar-refractivity contribution in [2.24, 2.45) is 0 Å². The highest BCUT2D eigenvalue weighted by Gasteiger charge is 2.51. The summed E-state index contributed by atoms with van der Waals surface area (Å²) in [4.78, 5) is 4.84. The molecule has 2 heteroatoms. The van der Waals surface area contributed by atoms with E-state index in [9.17, 15) is 0 Å². The van der Waals surface area contributed by atoms with E-state index in [2.05, 4.69) is 216 Å². The second kappa shape index (κ2) is 11.8. The highest BCUT2D eigenvalue weighted by molar-refractivity contribution is 5.97. The third-order valence-corrected chi connectivity index (χ3v) is 10.6. The van der Waals surface area contributed by atoms with Gasteiger partial charge in [-0.15, -0.1) is 0 Å². The molecule has 2 nitrogen and oxygen atoms in total. The van der Waals surface area contributed by atoms with Gasteiger partial charge >= 0.3 is 0 Å². The highest BCUT2D eigenvalue weighted by Crippen LogP contribution is 2.63. The lowest BCUT2D eigenvalue weighted by Gasteiger charge is -2.45. The first-order chi connectivity index (χ1) is 25.3. The second-order valence-electron chi connectivity index (χ2n) is 13.3. The predicted molar refractivity (Wildman–Crippen MR) is 212 cm³/mol. The van der Waals surface area contributed by atoms with E-state index in [1.54, 1.807) is 0 Å². The van der Waals surface area contributed by atoms with Gasteiger partial charge in [0.15, 0.2) is 0 Å². The van der Waals surface area contributed by atoms with E-state index < -0.39 is 5.41 Å². The fraction of sp³-hybridized carbons (Fsp3) is 0.0204. The number of rotatable bonds is 5. The fourth-order valence-electron chi connectivity index (χ4n) is 8.57. The minimum Gasteiger partial charge on any atom is -0.310 e. The molecule has 8 aromatic rings. The van der Waals surface area contributed by atoms with Crippen LogP contribution in [0.2, 0.25) is 0 Å². The molecule has 0 aromatic heterocycles. The van der Waals surface area contributed by atoms with Crippen LogP contribution in [0, 0.1) is 0 Å². The van der Waals surface area contributed by atoms with Gasteiger partial charge in [-0.2, -0.15) is 0 Å². The molecule has 1 aliphatic heterocycles. The van der Waals surface area contributed by atoms with Crippen molar-refractivity contribution in [2.75, 3.05) is 9.80 Å². The molecule has 0 saturated heterocycles. The SMILES string of the molecule is c1ccc(-c2cccc(N(c3ccccc3)c3ccc4c(c3)C3(c5ccccc5-4)c4ccccc4N(c4ccccc4)c4ccccc43)c2)cc1. The van der Waals surface area contributed by atoms with E-state index in [4.69, 9.17) is 0 Å². The molecule has 10 rings (SSSR count). The third kappa shape index (κ3) is 4.43. The van der Waals surface area contributed by atoms with Crippen LogP contribution >= 0.6 is 0 Å². The van der Waals surface area contributed by atoms with Gasteiger partial charge in [-0.3, -0.25) is 0 Å². The Bertz CT molecular complexity index is 2490. The largest absolute Gasteiger partial charge is 0.310 e. The summed E-state index contributed by atoms with van der Waals surface area (Å²) in [6.07, 6.45) is 0. The molecule has 0 atom stereocenters. The average Bonchev–Trinajstić information content (AvgIpc) is 3.49. The van der Waals surface area contributed by atoms with Crippen molar-refractivity contribution in [3.05, 3.63) is 229 Å². The van der Waals surface area contributed by atoms with Crippen LogP contribution in [0.1, 0.15) is 22.3 Å². The standard InChI is InChI=1S/C49H34N2/c1-4-17-35(18-5-1)36-19-16-24-39(33-36)50(37-20-6-2-7-21-37)40-31-32-42-41-25-10-11-26-43(41)49(46(42)34-40)44-27-12-14-29-47(44)51(38-22-8-3-9-23-38)48-30-15-13-28-45(48)49/h1-34H. The molecule has 1 spiro atoms. The molecule has 51 heavy (non-hydrogen) atoms. The highest BCUT2D eigenvalue weighted by atomic mass is 15.2. The van der Waals surface area contributed by atoms with Gasteiger partial charge in [-0.1, -0.05) is 146 Å². The fourth-order valence-corrected chi connectivity index (χ4v) is 8.57. The summed E-state index contributed by atoms with van der Waals surface area (Å²) >= 11 is 0. The molecule has 1 aliphatic carbocycles. The van der Waals surface area contributed by atoms with Gasteiger partial charge in [0.05, 0.1) is 16.8 Å². The Morgan fingerprint density at radius 1 is 0.333 bits per heavy atom. The molecule has 0 fully saturated rings. The van der Waals surface area contributed by atoms with Gasteiger partial charge < -0.3 is 9.80 Å². The molecule has 0 unspecified atom stereocenters. The molecule has 8 aromatic carbocycles. The second-order valence-corrected chi connectivity index (χ2v) is 13.3. The van der Waals surface area contributed by atoms with Crippen molar-refractivity contribution in [1.82, 2.24) is 0 Å². The monoisotopic (exact) mass is 650 g/mol. The maximum Gasteiger partial charge on any atom is 0.0755 e. The molecule has 1 heterocycles. The van der Waals surface area contributed by atoms with Crippen LogP contribution in [-0.2, 0) is 5.41 Å². The van der Waals surface area contributed by atoms with Crippen molar-refractivity contribution in [3.8, 4) is 22.3 Å². The van der Waals surface area contributed by atoms with Crippen LogP contribution in [0.5, 0.6) is 0 Å². The quantitative estimate of drug-likeness (QED) is 0.183. The van der Waals surface area contributed by atoms with Crippen molar-refractivity contribution in [3.63, 3.8) is 0 Å². The molecule has 2 aliphatic rings. The van der Waals surface area contributed by atoms with Crippen LogP contribution in [0.4, 0.5) is 34.1 Å². The zero-order valence-electron chi connectivity index (χ0n) is 28.0. The molecule has 0 N–H and O–H groups in total. The van der Waals surface area contributed by atoms with Gasteiger partial charge in [0.2, 0.25) is 0 Å². The van der Waals surface area contributed by atoms with Crippen LogP contribution in [0.3, 0.4) is 0 Å². The Morgan fingerprint density at radius 2 is 0.843 bits per heavy atom. The van der Waals surface area contributed by atoms with E-state index in [1.165, 1.54) is 55.9 Å². The zero-order chi connectivity index (χ0) is 33.8. The number of para-hydroxylation sites is 4. The van der Waals surface area contributed by atoms with E-state index >= 15 is 0 Å². The topological polar surface area (TPSA) is 6.48 Å². The van der Waals surface area contributed by atoms with Crippen molar-refractivity contribution >= 4 is 34.1 Å². The lowest BCUT2D eigenvalue weighted by molar-refractivity contribution is 0.752. The van der Waals surface area contributed by atoms with E-state index in [0.29, 0.717) is 0 Å². The summed E-state index contributed by atoms with van der Waals surface area (Å²) in [5.74, 6) is 0.